The van der Waals surface area contributed by atoms with Gasteiger partial charge in [-0.15, -0.1) is 0 Å². The quantitative estimate of drug-likeness (QED) is 0.585. The van der Waals surface area contributed by atoms with E-state index < -0.39 is 0 Å². The van der Waals surface area contributed by atoms with Crippen LogP contribution in [0, 0.1) is 5.92 Å². The second kappa shape index (κ2) is 3.04. The minimum atomic E-state index is 0.648. The molecule has 2 nitrogen and oxygen atoms in total. The summed E-state index contributed by atoms with van der Waals surface area (Å²) in [4.78, 5) is 4.17. The molecule has 58 valence electrons. The highest BCUT2D eigenvalue weighted by Crippen LogP contribution is 2.17. The molecule has 1 rings (SSSR count). The Bertz CT molecular complexity index is 140. The van der Waals surface area contributed by atoms with Gasteiger partial charge >= 0.3 is 0 Å². The molecular weight excluding hydrogens is 124 g/mol. The van der Waals surface area contributed by atoms with Crippen LogP contribution in [0.2, 0.25) is 0 Å². The van der Waals surface area contributed by atoms with Crippen molar-refractivity contribution in [3.8, 4) is 0 Å². The summed E-state index contributed by atoms with van der Waals surface area (Å²) in [5, 5.41) is 3.39. The summed E-state index contributed by atoms with van der Waals surface area (Å²) in [6, 6.07) is 0.675. The van der Waals surface area contributed by atoms with Crippen LogP contribution >= 0.6 is 0 Å². The van der Waals surface area contributed by atoms with Crippen molar-refractivity contribution in [2.24, 2.45) is 10.9 Å². The Balaban J connectivity index is 2.52. The molecule has 0 aliphatic carbocycles. The van der Waals surface area contributed by atoms with E-state index >= 15 is 0 Å². The van der Waals surface area contributed by atoms with E-state index in [1.807, 2.05) is 7.05 Å². The Morgan fingerprint density at radius 2 is 2.40 bits per heavy atom. The van der Waals surface area contributed by atoms with E-state index in [1.165, 1.54) is 18.7 Å². The number of nitrogens with one attached hydrogen (secondary N) is 1. The van der Waals surface area contributed by atoms with Crippen LogP contribution in [0.25, 0.3) is 0 Å². The summed E-state index contributed by atoms with van der Waals surface area (Å²) in [7, 11) is 1.86. The van der Waals surface area contributed by atoms with Gasteiger partial charge in [0, 0.05) is 19.0 Å². The summed E-state index contributed by atoms with van der Waals surface area (Å²) in [6.45, 7) is 4.44. The van der Waals surface area contributed by atoms with E-state index in [2.05, 4.69) is 24.2 Å². The third kappa shape index (κ3) is 1.31. The van der Waals surface area contributed by atoms with Gasteiger partial charge in [0.1, 0.15) is 0 Å². The van der Waals surface area contributed by atoms with Gasteiger partial charge in [-0.05, 0) is 12.8 Å². The van der Waals surface area contributed by atoms with Gasteiger partial charge < -0.3 is 5.32 Å². The second-order valence-electron chi connectivity index (χ2n) is 3.00. The first-order valence-electron chi connectivity index (χ1n) is 4.01. The molecule has 2 unspecified atom stereocenters. The van der Waals surface area contributed by atoms with E-state index in [0.717, 1.165) is 0 Å². The standard InChI is InChI=1S/C8H16N2/c1-4-7-5-6(2)8(9-3)10-7/h6-7H,4-5H2,1-3H3,(H,9,10). The van der Waals surface area contributed by atoms with Crippen LogP contribution in [-0.2, 0) is 0 Å². The zero-order valence-corrected chi connectivity index (χ0v) is 7.02. The molecule has 2 heteroatoms. The Morgan fingerprint density at radius 1 is 1.70 bits per heavy atom. The number of amidine groups is 1. The van der Waals surface area contributed by atoms with Crippen LogP contribution in [0.15, 0.2) is 4.99 Å². The lowest BCUT2D eigenvalue weighted by molar-refractivity contribution is 0.568. The van der Waals surface area contributed by atoms with Crippen molar-refractivity contribution in [3.05, 3.63) is 0 Å². The SMILES string of the molecule is CCC1CC(C)C(=NC)N1. The number of aliphatic imine (C=N–C) groups is 1. The summed E-state index contributed by atoms with van der Waals surface area (Å²) in [6.07, 6.45) is 2.46. The monoisotopic (exact) mass is 140 g/mol. The molecule has 1 N–H and O–H groups in total. The molecule has 0 spiro atoms. The summed E-state index contributed by atoms with van der Waals surface area (Å²) < 4.78 is 0. The maximum atomic E-state index is 4.17. The minimum absolute atomic E-state index is 0.648. The van der Waals surface area contributed by atoms with Crippen LogP contribution in [0.4, 0.5) is 0 Å². The topological polar surface area (TPSA) is 24.4 Å². The lowest BCUT2D eigenvalue weighted by Crippen LogP contribution is -2.25. The molecule has 1 fully saturated rings. The van der Waals surface area contributed by atoms with Crippen molar-refractivity contribution in [1.29, 1.82) is 0 Å². The fraction of sp³-hybridized carbons (Fsp3) is 0.875. The van der Waals surface area contributed by atoms with Crippen LogP contribution in [-0.4, -0.2) is 18.9 Å². The molecule has 0 saturated carbocycles. The Labute approximate surface area is 62.7 Å². The van der Waals surface area contributed by atoms with Gasteiger partial charge in [0.25, 0.3) is 0 Å². The normalized spacial score (nSPS) is 36.5. The smallest absolute Gasteiger partial charge is 0.0991 e. The first kappa shape index (κ1) is 7.58. The highest BCUT2D eigenvalue weighted by Gasteiger charge is 2.24. The average molecular weight is 140 g/mol. The van der Waals surface area contributed by atoms with E-state index in [-0.39, 0.29) is 0 Å². The molecule has 0 bridgehead atoms. The third-order valence-electron chi connectivity index (χ3n) is 2.19. The van der Waals surface area contributed by atoms with Gasteiger partial charge in [-0.25, -0.2) is 0 Å². The molecule has 1 saturated heterocycles. The number of nitrogens with zero attached hydrogens (tertiary/aromatic N) is 1. The molecule has 0 amide bonds. The molecular formula is C8H16N2. The molecule has 0 radical (unpaired) electrons. The van der Waals surface area contributed by atoms with Crippen molar-refractivity contribution in [2.75, 3.05) is 7.05 Å². The van der Waals surface area contributed by atoms with E-state index in [0.29, 0.717) is 12.0 Å². The predicted octanol–water partition coefficient (Wildman–Crippen LogP) is 1.42. The first-order chi connectivity index (χ1) is 4.77. The van der Waals surface area contributed by atoms with Crippen molar-refractivity contribution in [2.45, 2.75) is 32.7 Å². The highest BCUT2D eigenvalue weighted by molar-refractivity contribution is 5.86. The van der Waals surface area contributed by atoms with E-state index in [1.54, 1.807) is 0 Å². The fourth-order valence-electron chi connectivity index (χ4n) is 1.50. The fourth-order valence-corrected chi connectivity index (χ4v) is 1.50. The lowest BCUT2D eigenvalue weighted by atomic mass is 10.1. The molecule has 1 aliphatic heterocycles. The molecule has 1 heterocycles. The zero-order valence-electron chi connectivity index (χ0n) is 7.02. The Hall–Kier alpha value is -0.530. The van der Waals surface area contributed by atoms with E-state index in [4.69, 9.17) is 0 Å². The van der Waals surface area contributed by atoms with Crippen molar-refractivity contribution in [1.82, 2.24) is 5.32 Å². The van der Waals surface area contributed by atoms with Gasteiger partial charge in [-0.2, -0.15) is 0 Å². The molecule has 2 atom stereocenters. The maximum absolute atomic E-state index is 4.17. The van der Waals surface area contributed by atoms with Gasteiger partial charge in [-0.1, -0.05) is 13.8 Å². The zero-order chi connectivity index (χ0) is 7.56. The van der Waals surface area contributed by atoms with Gasteiger partial charge in [0.2, 0.25) is 0 Å². The maximum Gasteiger partial charge on any atom is 0.0991 e. The van der Waals surface area contributed by atoms with Gasteiger partial charge in [-0.3, -0.25) is 4.99 Å². The van der Waals surface area contributed by atoms with Crippen LogP contribution < -0.4 is 5.32 Å². The minimum Gasteiger partial charge on any atom is -0.371 e. The van der Waals surface area contributed by atoms with Crippen molar-refractivity contribution >= 4 is 5.84 Å². The average Bonchev–Trinajstić information content (AvgIpc) is 2.30. The predicted molar refractivity (Wildman–Crippen MR) is 44.4 cm³/mol. The molecule has 0 aromatic rings. The van der Waals surface area contributed by atoms with Crippen LogP contribution in [0.1, 0.15) is 26.7 Å². The summed E-state index contributed by atoms with van der Waals surface area (Å²) in [5.74, 6) is 1.84. The van der Waals surface area contributed by atoms with Crippen molar-refractivity contribution < 1.29 is 0 Å². The first-order valence-corrected chi connectivity index (χ1v) is 4.01. The Morgan fingerprint density at radius 3 is 2.70 bits per heavy atom. The highest BCUT2D eigenvalue weighted by atomic mass is 15.0. The Kier molecular flexibility index (Phi) is 2.30. The second-order valence-corrected chi connectivity index (χ2v) is 3.00. The molecule has 0 aromatic carbocycles. The molecule has 10 heavy (non-hydrogen) atoms. The molecule has 0 aromatic heterocycles. The number of hydrogen-bond acceptors (Lipinski definition) is 1. The van der Waals surface area contributed by atoms with E-state index in [9.17, 15) is 0 Å². The van der Waals surface area contributed by atoms with Crippen LogP contribution in [0.3, 0.4) is 0 Å². The summed E-state index contributed by atoms with van der Waals surface area (Å²) >= 11 is 0. The molecule has 1 aliphatic rings. The van der Waals surface area contributed by atoms with Crippen molar-refractivity contribution in [3.63, 3.8) is 0 Å². The lowest BCUT2D eigenvalue weighted by Gasteiger charge is -2.04. The summed E-state index contributed by atoms with van der Waals surface area (Å²) in [5.41, 5.74) is 0. The number of rotatable bonds is 1. The largest absolute Gasteiger partial charge is 0.371 e. The van der Waals surface area contributed by atoms with Gasteiger partial charge in [0.15, 0.2) is 0 Å². The van der Waals surface area contributed by atoms with Crippen LogP contribution in [0.5, 0.6) is 0 Å². The third-order valence-corrected chi connectivity index (χ3v) is 2.19. The van der Waals surface area contributed by atoms with Gasteiger partial charge in [0.05, 0.1) is 5.84 Å². The number of hydrogen-bond donors (Lipinski definition) is 1.